The van der Waals surface area contributed by atoms with Gasteiger partial charge in [0.2, 0.25) is 0 Å². The van der Waals surface area contributed by atoms with E-state index in [4.69, 9.17) is 4.52 Å². The predicted molar refractivity (Wildman–Crippen MR) is 53.6 cm³/mol. The molecule has 1 rings (SSSR count). The predicted octanol–water partition coefficient (Wildman–Crippen LogP) is 1.91. The van der Waals surface area contributed by atoms with Crippen molar-refractivity contribution in [3.8, 4) is 0 Å². The van der Waals surface area contributed by atoms with Crippen molar-refractivity contribution in [1.82, 2.24) is 10.5 Å². The smallest absolute Gasteiger partial charge is 0.141 e. The highest BCUT2D eigenvalue weighted by atomic mass is 16.5. The van der Waals surface area contributed by atoms with Gasteiger partial charge in [0.1, 0.15) is 5.76 Å². The molecule has 0 atom stereocenters. The molecule has 1 aromatic rings. The summed E-state index contributed by atoms with van der Waals surface area (Å²) in [6.07, 6.45) is 5.22. The highest BCUT2D eigenvalue weighted by Gasteiger charge is 2.03. The molecule has 1 heterocycles. The van der Waals surface area contributed by atoms with Crippen LogP contribution in [-0.2, 0) is 0 Å². The van der Waals surface area contributed by atoms with Crippen molar-refractivity contribution in [3.63, 3.8) is 0 Å². The molecule has 72 valence electrons. The molecule has 0 saturated carbocycles. The van der Waals surface area contributed by atoms with Gasteiger partial charge in [-0.25, -0.2) is 0 Å². The molecule has 0 bridgehead atoms. The van der Waals surface area contributed by atoms with E-state index in [-0.39, 0.29) is 0 Å². The first-order valence-corrected chi connectivity index (χ1v) is 4.49. The molecular formula is C10H16N2O. The first kappa shape index (κ1) is 9.99. The van der Waals surface area contributed by atoms with Gasteiger partial charge in [-0.15, -0.1) is 0 Å². The van der Waals surface area contributed by atoms with Gasteiger partial charge in [-0.05, 0) is 33.9 Å². The zero-order valence-electron chi connectivity index (χ0n) is 8.42. The van der Waals surface area contributed by atoms with Crippen LogP contribution < -0.4 is 5.32 Å². The Morgan fingerprint density at radius 1 is 1.46 bits per heavy atom. The van der Waals surface area contributed by atoms with E-state index in [9.17, 15) is 0 Å². The number of nitrogens with zero attached hydrogens (tertiary/aromatic N) is 1. The number of hydrogen-bond donors (Lipinski definition) is 1. The first-order valence-electron chi connectivity index (χ1n) is 4.49. The lowest BCUT2D eigenvalue weighted by molar-refractivity contribution is 0.393. The van der Waals surface area contributed by atoms with Crippen molar-refractivity contribution in [2.45, 2.75) is 20.3 Å². The lowest BCUT2D eigenvalue weighted by Gasteiger charge is -1.92. The molecule has 3 nitrogen and oxygen atoms in total. The van der Waals surface area contributed by atoms with Crippen LogP contribution in [0.1, 0.15) is 23.4 Å². The molecule has 13 heavy (non-hydrogen) atoms. The van der Waals surface area contributed by atoms with Crippen LogP contribution >= 0.6 is 0 Å². The van der Waals surface area contributed by atoms with E-state index in [2.05, 4.69) is 22.6 Å². The van der Waals surface area contributed by atoms with Crippen molar-refractivity contribution in [3.05, 3.63) is 23.1 Å². The molecule has 0 unspecified atom stereocenters. The summed E-state index contributed by atoms with van der Waals surface area (Å²) >= 11 is 0. The van der Waals surface area contributed by atoms with Gasteiger partial charge >= 0.3 is 0 Å². The molecule has 0 radical (unpaired) electrons. The second-order valence-electron chi connectivity index (χ2n) is 3.03. The summed E-state index contributed by atoms with van der Waals surface area (Å²) in [5.41, 5.74) is 2.06. The van der Waals surface area contributed by atoms with Crippen LogP contribution in [0.4, 0.5) is 0 Å². The van der Waals surface area contributed by atoms with E-state index in [1.807, 2.05) is 20.9 Å². The molecule has 0 aliphatic rings. The van der Waals surface area contributed by atoms with Gasteiger partial charge in [0, 0.05) is 5.56 Å². The molecule has 1 N–H and O–H groups in total. The Bertz CT molecular complexity index is 270. The van der Waals surface area contributed by atoms with E-state index in [0.717, 1.165) is 30.0 Å². The Balaban J connectivity index is 2.57. The number of aromatic nitrogens is 1. The van der Waals surface area contributed by atoms with E-state index in [0.29, 0.717) is 0 Å². The zero-order valence-corrected chi connectivity index (χ0v) is 8.42. The first-order chi connectivity index (χ1) is 6.25. The van der Waals surface area contributed by atoms with Crippen molar-refractivity contribution in [1.29, 1.82) is 0 Å². The molecular weight excluding hydrogens is 164 g/mol. The van der Waals surface area contributed by atoms with E-state index < -0.39 is 0 Å². The maximum Gasteiger partial charge on any atom is 0.141 e. The maximum atomic E-state index is 5.04. The van der Waals surface area contributed by atoms with Crippen LogP contribution in [0, 0.1) is 13.8 Å². The minimum absolute atomic E-state index is 0.887. The van der Waals surface area contributed by atoms with Crippen LogP contribution in [-0.4, -0.2) is 18.7 Å². The number of hydrogen-bond acceptors (Lipinski definition) is 3. The van der Waals surface area contributed by atoms with E-state index in [1.54, 1.807) is 0 Å². The van der Waals surface area contributed by atoms with Crippen molar-refractivity contribution >= 4 is 6.08 Å². The fourth-order valence-corrected chi connectivity index (χ4v) is 1.16. The average molecular weight is 180 g/mol. The number of rotatable bonds is 4. The van der Waals surface area contributed by atoms with Crippen molar-refractivity contribution in [2.75, 3.05) is 13.6 Å². The Morgan fingerprint density at radius 2 is 2.23 bits per heavy atom. The summed E-state index contributed by atoms with van der Waals surface area (Å²) in [4.78, 5) is 0. The summed E-state index contributed by atoms with van der Waals surface area (Å²) in [5.74, 6) is 0.887. The van der Waals surface area contributed by atoms with Crippen molar-refractivity contribution < 1.29 is 4.52 Å². The largest absolute Gasteiger partial charge is 0.361 e. The SMILES string of the molecule is CNCCC=Cc1c(C)noc1C. The molecule has 0 spiro atoms. The van der Waals surface area contributed by atoms with Crippen LogP contribution in [0.15, 0.2) is 10.6 Å². The molecule has 0 fully saturated rings. The zero-order chi connectivity index (χ0) is 9.68. The van der Waals surface area contributed by atoms with Gasteiger partial charge in [0.25, 0.3) is 0 Å². The number of nitrogens with one attached hydrogen (secondary N) is 1. The third kappa shape index (κ3) is 2.70. The van der Waals surface area contributed by atoms with Gasteiger partial charge in [0.05, 0.1) is 5.69 Å². The Labute approximate surface area is 78.8 Å². The van der Waals surface area contributed by atoms with Crippen molar-refractivity contribution in [2.24, 2.45) is 0 Å². The fraction of sp³-hybridized carbons (Fsp3) is 0.500. The topological polar surface area (TPSA) is 38.1 Å². The van der Waals surface area contributed by atoms with E-state index in [1.165, 1.54) is 0 Å². The Morgan fingerprint density at radius 3 is 2.77 bits per heavy atom. The van der Waals surface area contributed by atoms with Gasteiger partial charge in [-0.1, -0.05) is 17.3 Å². The van der Waals surface area contributed by atoms with Gasteiger partial charge in [-0.2, -0.15) is 0 Å². The van der Waals surface area contributed by atoms with Crippen LogP contribution in [0.3, 0.4) is 0 Å². The molecule has 0 amide bonds. The van der Waals surface area contributed by atoms with Crippen LogP contribution in [0.2, 0.25) is 0 Å². The Kier molecular flexibility index (Phi) is 3.71. The fourth-order valence-electron chi connectivity index (χ4n) is 1.16. The highest BCUT2D eigenvalue weighted by Crippen LogP contribution is 2.13. The van der Waals surface area contributed by atoms with Gasteiger partial charge in [-0.3, -0.25) is 0 Å². The lowest BCUT2D eigenvalue weighted by atomic mass is 10.2. The minimum atomic E-state index is 0.887. The summed E-state index contributed by atoms with van der Waals surface area (Å²) in [7, 11) is 1.95. The third-order valence-electron chi connectivity index (χ3n) is 1.93. The Hall–Kier alpha value is -1.09. The third-order valence-corrected chi connectivity index (χ3v) is 1.93. The summed E-state index contributed by atoms with van der Waals surface area (Å²) in [6.45, 7) is 4.88. The molecule has 0 saturated heterocycles. The minimum Gasteiger partial charge on any atom is -0.361 e. The lowest BCUT2D eigenvalue weighted by Crippen LogP contribution is -2.05. The number of aryl methyl sites for hydroxylation is 2. The molecule has 3 heteroatoms. The summed E-state index contributed by atoms with van der Waals surface area (Å²) in [5, 5.41) is 6.96. The molecule has 0 aliphatic carbocycles. The second kappa shape index (κ2) is 4.82. The van der Waals surface area contributed by atoms with Gasteiger partial charge < -0.3 is 9.84 Å². The maximum absolute atomic E-state index is 5.04. The van der Waals surface area contributed by atoms with Gasteiger partial charge in [0.15, 0.2) is 0 Å². The summed E-state index contributed by atoms with van der Waals surface area (Å²) in [6, 6.07) is 0. The van der Waals surface area contributed by atoms with Crippen LogP contribution in [0.25, 0.3) is 6.08 Å². The van der Waals surface area contributed by atoms with E-state index >= 15 is 0 Å². The second-order valence-corrected chi connectivity index (χ2v) is 3.03. The van der Waals surface area contributed by atoms with Crippen LogP contribution in [0.5, 0.6) is 0 Å². The summed E-state index contributed by atoms with van der Waals surface area (Å²) < 4.78 is 5.04. The normalized spacial score (nSPS) is 11.3. The quantitative estimate of drug-likeness (QED) is 0.719. The molecule has 0 aromatic carbocycles. The molecule has 1 aromatic heterocycles. The highest BCUT2D eigenvalue weighted by molar-refractivity contribution is 5.53. The monoisotopic (exact) mass is 180 g/mol. The molecule has 0 aliphatic heterocycles. The average Bonchev–Trinajstić information content (AvgIpc) is 2.42. The standard InChI is InChI=1S/C10H16N2O/c1-8-10(9(2)13-12-8)6-4-5-7-11-3/h4,6,11H,5,7H2,1-3H3.